The second-order valence-corrected chi connectivity index (χ2v) is 7.35. The van der Waals surface area contributed by atoms with E-state index >= 15 is 0 Å². The van der Waals surface area contributed by atoms with E-state index < -0.39 is 20.7 Å². The van der Waals surface area contributed by atoms with E-state index in [4.69, 9.17) is 0 Å². The number of anilines is 1. The highest BCUT2D eigenvalue weighted by Crippen LogP contribution is 2.27. The van der Waals surface area contributed by atoms with Gasteiger partial charge in [0.1, 0.15) is 5.75 Å². The van der Waals surface area contributed by atoms with Gasteiger partial charge in [-0.1, -0.05) is 6.92 Å². The van der Waals surface area contributed by atoms with E-state index in [0.29, 0.717) is 0 Å². The number of hydrogen-bond donors (Lipinski definition) is 2. The van der Waals surface area contributed by atoms with E-state index in [1.165, 1.54) is 42.1 Å². The number of sulfone groups is 1. The van der Waals surface area contributed by atoms with Crippen molar-refractivity contribution in [1.29, 1.82) is 0 Å². The van der Waals surface area contributed by atoms with Crippen molar-refractivity contribution in [3.8, 4) is 5.75 Å². The summed E-state index contributed by atoms with van der Waals surface area (Å²) in [6, 6.07) is 4.84. The van der Waals surface area contributed by atoms with Gasteiger partial charge in [-0.05, 0) is 23.1 Å². The number of aromatic hydroxyl groups is 1. The average molecular weight is 368 g/mol. The summed E-state index contributed by atoms with van der Waals surface area (Å²) in [7, 11) is -3.47. The van der Waals surface area contributed by atoms with Crippen LogP contribution in [0, 0.1) is 10.1 Å². The molecule has 0 saturated heterocycles. The molecule has 10 nitrogen and oxygen atoms in total. The van der Waals surface area contributed by atoms with E-state index in [2.05, 4.69) is 10.4 Å². The fraction of sp³-hybridized carbons (Fsp3) is 0.286. The lowest BCUT2D eigenvalue weighted by atomic mass is 10.3. The quantitative estimate of drug-likeness (QED) is 0.426. The largest absolute Gasteiger partial charge is 0.506 e. The second-order valence-electron chi connectivity index (χ2n) is 5.07. The number of nitrogens with zero attached hydrogens (tertiary/aromatic N) is 3. The molecule has 0 saturated carbocycles. The summed E-state index contributed by atoms with van der Waals surface area (Å²) in [5.41, 5.74) is -0.0222. The number of aromatic nitrogens is 2. The molecule has 0 aliphatic heterocycles. The van der Waals surface area contributed by atoms with Crippen LogP contribution in [0.2, 0.25) is 0 Å². The van der Waals surface area contributed by atoms with Gasteiger partial charge in [0.25, 0.3) is 0 Å². The molecule has 1 aromatic carbocycles. The van der Waals surface area contributed by atoms with Gasteiger partial charge in [0.05, 0.1) is 40.2 Å². The van der Waals surface area contributed by atoms with E-state index in [-0.39, 0.29) is 40.9 Å². The number of phenolic OH excluding ortho intramolecular Hbond substituents is 1. The zero-order valence-electron chi connectivity index (χ0n) is 13.2. The first-order valence-corrected chi connectivity index (χ1v) is 8.91. The normalized spacial score (nSPS) is 11.2. The molecule has 0 aliphatic rings. The fourth-order valence-corrected chi connectivity index (χ4v) is 2.88. The van der Waals surface area contributed by atoms with Gasteiger partial charge in [-0.2, -0.15) is 4.68 Å². The number of benzene rings is 1. The van der Waals surface area contributed by atoms with E-state index in [0.717, 1.165) is 0 Å². The van der Waals surface area contributed by atoms with Crippen LogP contribution in [0.4, 0.5) is 11.5 Å². The highest BCUT2D eigenvalue weighted by molar-refractivity contribution is 7.91. The molecule has 134 valence electrons. The van der Waals surface area contributed by atoms with Crippen LogP contribution in [0.25, 0.3) is 0 Å². The number of phenols is 1. The minimum atomic E-state index is -3.47. The van der Waals surface area contributed by atoms with Gasteiger partial charge in [-0.25, -0.2) is 8.42 Å². The molecule has 11 heteroatoms. The molecule has 0 atom stereocenters. The van der Waals surface area contributed by atoms with Gasteiger partial charge in [0, 0.05) is 6.42 Å². The highest BCUT2D eigenvalue weighted by Gasteiger charge is 2.16. The van der Waals surface area contributed by atoms with Crippen LogP contribution in [0.15, 0.2) is 35.4 Å². The van der Waals surface area contributed by atoms with Crippen LogP contribution in [0.5, 0.6) is 5.75 Å². The molecule has 0 spiro atoms. The molecular weight excluding hydrogens is 352 g/mol. The van der Waals surface area contributed by atoms with E-state index in [1.807, 2.05) is 0 Å². The molecule has 1 heterocycles. The van der Waals surface area contributed by atoms with Crippen LogP contribution in [0.3, 0.4) is 0 Å². The molecule has 2 N–H and O–H groups in total. The molecule has 0 fully saturated rings. The Morgan fingerprint density at radius 1 is 1.40 bits per heavy atom. The van der Waals surface area contributed by atoms with Crippen molar-refractivity contribution in [3.63, 3.8) is 0 Å². The topological polar surface area (TPSA) is 144 Å². The lowest BCUT2D eigenvalue weighted by Gasteiger charge is -2.09. The van der Waals surface area contributed by atoms with Crippen molar-refractivity contribution in [1.82, 2.24) is 9.78 Å². The lowest BCUT2D eigenvalue weighted by molar-refractivity contribution is -0.389. The maximum atomic E-state index is 12.0. The standard InChI is InChI=1S/C14H16N4O6S/c1-2-25(23,24)10-3-4-12(19)11(9-10)15-14(20)6-8-17-7-5-13(16-17)18(21)22/h3-5,7,9,19H,2,6,8H2,1H3,(H,15,20). The third-order valence-corrected chi connectivity index (χ3v) is 5.10. The molecule has 2 aromatic rings. The number of amides is 1. The Hall–Kier alpha value is -2.95. The average Bonchev–Trinajstić information content (AvgIpc) is 3.04. The maximum absolute atomic E-state index is 12.0. The monoisotopic (exact) mass is 368 g/mol. The number of aryl methyl sites for hydroxylation is 1. The summed E-state index contributed by atoms with van der Waals surface area (Å²) < 4.78 is 25.0. The predicted molar refractivity (Wildman–Crippen MR) is 88.0 cm³/mol. The SMILES string of the molecule is CCS(=O)(=O)c1ccc(O)c(NC(=O)CCn2ccc([N+](=O)[O-])n2)c1. The molecular formula is C14H16N4O6S. The Labute approximate surface area is 143 Å². The summed E-state index contributed by atoms with van der Waals surface area (Å²) in [4.78, 5) is 21.9. The first-order valence-electron chi connectivity index (χ1n) is 7.26. The minimum absolute atomic E-state index is 0.00852. The molecule has 0 radical (unpaired) electrons. The van der Waals surface area contributed by atoms with Crippen LogP contribution in [0.1, 0.15) is 13.3 Å². The molecule has 25 heavy (non-hydrogen) atoms. The number of nitrogens with one attached hydrogen (secondary N) is 1. The fourth-order valence-electron chi connectivity index (χ4n) is 1.98. The van der Waals surface area contributed by atoms with Gasteiger partial charge >= 0.3 is 5.82 Å². The van der Waals surface area contributed by atoms with Crippen molar-refractivity contribution in [2.24, 2.45) is 0 Å². The van der Waals surface area contributed by atoms with Crippen LogP contribution >= 0.6 is 0 Å². The first-order chi connectivity index (χ1) is 11.7. The van der Waals surface area contributed by atoms with Crippen molar-refractivity contribution in [2.75, 3.05) is 11.1 Å². The Bertz CT molecular complexity index is 906. The zero-order valence-corrected chi connectivity index (χ0v) is 14.1. The van der Waals surface area contributed by atoms with Crippen LogP contribution in [-0.4, -0.2) is 39.9 Å². The van der Waals surface area contributed by atoms with Gasteiger partial charge < -0.3 is 20.5 Å². The molecule has 1 aromatic heterocycles. The van der Waals surface area contributed by atoms with Crippen molar-refractivity contribution < 1.29 is 23.2 Å². The molecule has 1 amide bonds. The summed E-state index contributed by atoms with van der Waals surface area (Å²) >= 11 is 0. The number of hydrogen-bond acceptors (Lipinski definition) is 7. The molecule has 0 unspecified atom stereocenters. The first kappa shape index (κ1) is 18.4. The van der Waals surface area contributed by atoms with Crippen LogP contribution < -0.4 is 5.32 Å². The number of carbonyl (C=O) groups excluding carboxylic acids is 1. The summed E-state index contributed by atoms with van der Waals surface area (Å²) in [5.74, 6) is -1.20. The van der Waals surface area contributed by atoms with Crippen molar-refractivity contribution in [3.05, 3.63) is 40.6 Å². The van der Waals surface area contributed by atoms with Gasteiger partial charge in [-0.3, -0.25) is 4.79 Å². The van der Waals surface area contributed by atoms with Crippen LogP contribution in [-0.2, 0) is 21.2 Å². The summed E-state index contributed by atoms with van der Waals surface area (Å²) in [6.07, 6.45) is 1.31. The van der Waals surface area contributed by atoms with Gasteiger partial charge in [0.2, 0.25) is 5.91 Å². The highest BCUT2D eigenvalue weighted by atomic mass is 32.2. The Morgan fingerprint density at radius 2 is 2.12 bits per heavy atom. The third-order valence-electron chi connectivity index (χ3n) is 3.36. The Morgan fingerprint density at radius 3 is 2.72 bits per heavy atom. The van der Waals surface area contributed by atoms with E-state index in [9.17, 15) is 28.4 Å². The number of carbonyl (C=O) groups is 1. The second kappa shape index (κ2) is 7.30. The smallest absolute Gasteiger partial charge is 0.389 e. The molecule has 0 bridgehead atoms. The zero-order chi connectivity index (χ0) is 18.6. The summed E-state index contributed by atoms with van der Waals surface area (Å²) in [5, 5.41) is 26.4. The van der Waals surface area contributed by atoms with Crippen molar-refractivity contribution in [2.45, 2.75) is 24.8 Å². The number of rotatable bonds is 7. The van der Waals surface area contributed by atoms with Gasteiger partial charge in [0.15, 0.2) is 9.84 Å². The maximum Gasteiger partial charge on any atom is 0.389 e. The lowest BCUT2D eigenvalue weighted by Crippen LogP contribution is -2.15. The Balaban J connectivity index is 2.04. The number of nitro groups is 1. The molecule has 0 aliphatic carbocycles. The third kappa shape index (κ3) is 4.53. The molecule has 2 rings (SSSR count). The van der Waals surface area contributed by atoms with E-state index in [1.54, 1.807) is 0 Å². The predicted octanol–water partition coefficient (Wildman–Crippen LogP) is 1.32. The Kier molecular flexibility index (Phi) is 5.37. The van der Waals surface area contributed by atoms with Gasteiger partial charge in [-0.15, -0.1) is 0 Å². The minimum Gasteiger partial charge on any atom is -0.506 e. The van der Waals surface area contributed by atoms with Crippen molar-refractivity contribution >= 4 is 27.2 Å². The summed E-state index contributed by atoms with van der Waals surface area (Å²) in [6.45, 7) is 1.58.